The molecule has 0 bridgehead atoms. The molecule has 1 aliphatic carbocycles. The molecule has 1 aromatic rings. The van der Waals surface area contributed by atoms with Gasteiger partial charge in [-0.1, -0.05) is 24.6 Å². The molecule has 2 unspecified atom stereocenters. The molecule has 2 rings (SSSR count). The lowest BCUT2D eigenvalue weighted by molar-refractivity contribution is -0.146. The van der Waals surface area contributed by atoms with Gasteiger partial charge in [0.15, 0.2) is 0 Å². The zero-order valence-electron chi connectivity index (χ0n) is 11.6. The molecule has 0 aliphatic heterocycles. The number of thioether (sulfide) groups is 1. The average molecular weight is 314 g/mol. The quantitative estimate of drug-likeness (QED) is 0.868. The van der Waals surface area contributed by atoms with E-state index in [4.69, 9.17) is 11.6 Å². The largest absolute Gasteiger partial charge is 0.480 e. The molecule has 3 nitrogen and oxygen atoms in total. The normalized spacial score (nSPS) is 26.4. The molecule has 1 fully saturated rings. The van der Waals surface area contributed by atoms with Crippen LogP contribution in [0.2, 0.25) is 5.02 Å². The van der Waals surface area contributed by atoms with E-state index in [9.17, 15) is 9.90 Å². The first-order valence-corrected chi connectivity index (χ1v) is 8.22. The third-order valence-electron chi connectivity index (χ3n) is 3.73. The van der Waals surface area contributed by atoms with Crippen molar-refractivity contribution >= 4 is 29.3 Å². The molecule has 20 heavy (non-hydrogen) atoms. The van der Waals surface area contributed by atoms with Gasteiger partial charge in [0.05, 0.1) is 0 Å². The Bertz CT molecular complexity index is 479. The fraction of sp³-hybridized carbons (Fsp3) is 0.533. The Morgan fingerprint density at radius 2 is 2.40 bits per heavy atom. The Hall–Kier alpha value is -0.710. The molecule has 0 aromatic heterocycles. The summed E-state index contributed by atoms with van der Waals surface area (Å²) < 4.78 is 0. The van der Waals surface area contributed by atoms with E-state index in [1.54, 1.807) is 11.8 Å². The van der Waals surface area contributed by atoms with Crippen molar-refractivity contribution in [2.75, 3.05) is 6.54 Å². The average Bonchev–Trinajstić information content (AvgIpc) is 2.39. The van der Waals surface area contributed by atoms with Gasteiger partial charge in [0.1, 0.15) is 5.54 Å². The predicted octanol–water partition coefficient (Wildman–Crippen LogP) is 3.81. The fourth-order valence-corrected chi connectivity index (χ4v) is 4.47. The van der Waals surface area contributed by atoms with Gasteiger partial charge in [-0.25, -0.2) is 0 Å². The summed E-state index contributed by atoms with van der Waals surface area (Å²) in [5, 5.41) is 13.8. The van der Waals surface area contributed by atoms with Crippen LogP contribution in [0, 0.1) is 0 Å². The van der Waals surface area contributed by atoms with E-state index >= 15 is 0 Å². The van der Waals surface area contributed by atoms with Crippen LogP contribution in [0.5, 0.6) is 0 Å². The van der Waals surface area contributed by atoms with Crippen LogP contribution in [0.3, 0.4) is 0 Å². The lowest BCUT2D eigenvalue weighted by atomic mass is 9.81. The van der Waals surface area contributed by atoms with Gasteiger partial charge in [0.25, 0.3) is 0 Å². The van der Waals surface area contributed by atoms with E-state index in [2.05, 4.69) is 5.32 Å². The molecule has 5 heteroatoms. The van der Waals surface area contributed by atoms with Gasteiger partial charge in [-0.2, -0.15) is 0 Å². The summed E-state index contributed by atoms with van der Waals surface area (Å²) in [6.07, 6.45) is 3.37. The first-order chi connectivity index (χ1) is 9.55. The zero-order valence-corrected chi connectivity index (χ0v) is 13.1. The van der Waals surface area contributed by atoms with Crippen molar-refractivity contribution < 1.29 is 9.90 Å². The van der Waals surface area contributed by atoms with Crippen molar-refractivity contribution in [3.8, 4) is 0 Å². The molecule has 1 saturated carbocycles. The summed E-state index contributed by atoms with van der Waals surface area (Å²) >= 11 is 7.74. The number of carboxylic acids is 1. The first-order valence-electron chi connectivity index (χ1n) is 6.96. The van der Waals surface area contributed by atoms with E-state index in [0.717, 1.165) is 22.8 Å². The van der Waals surface area contributed by atoms with Gasteiger partial charge >= 0.3 is 5.97 Å². The number of aliphatic carboxylic acids is 1. The number of nitrogens with one attached hydrogen (secondary N) is 1. The first kappa shape index (κ1) is 15.7. The summed E-state index contributed by atoms with van der Waals surface area (Å²) in [5.74, 6) is -0.726. The number of likely N-dealkylation sites (N-methyl/N-ethyl adjacent to an activating group) is 1. The number of hydrogen-bond acceptors (Lipinski definition) is 3. The molecule has 2 N–H and O–H groups in total. The van der Waals surface area contributed by atoms with Crippen LogP contribution in [0.25, 0.3) is 0 Å². The number of benzene rings is 1. The lowest BCUT2D eigenvalue weighted by Crippen LogP contribution is -2.55. The highest BCUT2D eigenvalue weighted by atomic mass is 35.5. The van der Waals surface area contributed by atoms with E-state index in [0.29, 0.717) is 24.6 Å². The zero-order chi connectivity index (χ0) is 14.6. The van der Waals surface area contributed by atoms with E-state index in [-0.39, 0.29) is 0 Å². The van der Waals surface area contributed by atoms with Crippen LogP contribution in [0.1, 0.15) is 32.6 Å². The summed E-state index contributed by atoms with van der Waals surface area (Å²) in [6.45, 7) is 2.64. The minimum Gasteiger partial charge on any atom is -0.480 e. The number of carbonyl (C=O) groups is 1. The molecule has 0 saturated heterocycles. The molecular weight excluding hydrogens is 294 g/mol. The highest BCUT2D eigenvalue weighted by Crippen LogP contribution is 2.39. The molecule has 110 valence electrons. The van der Waals surface area contributed by atoms with Crippen LogP contribution in [-0.2, 0) is 4.79 Å². The Labute approximate surface area is 129 Å². The third-order valence-corrected chi connectivity index (χ3v) is 5.23. The van der Waals surface area contributed by atoms with Gasteiger partial charge in [-0.05, 0) is 50.4 Å². The standard InChI is InChI=1S/C15H20ClNO2S/c1-2-17-15(14(18)19)8-4-7-13(10-15)20-12-6-3-5-11(16)9-12/h3,5-6,9,13,17H,2,4,7-8,10H2,1H3,(H,18,19). The van der Waals surface area contributed by atoms with Crippen molar-refractivity contribution in [2.45, 2.75) is 48.3 Å². The minimum absolute atomic E-state index is 0.317. The van der Waals surface area contributed by atoms with Crippen molar-refractivity contribution in [1.29, 1.82) is 0 Å². The van der Waals surface area contributed by atoms with Crippen LogP contribution in [0.15, 0.2) is 29.2 Å². The third kappa shape index (κ3) is 3.68. The van der Waals surface area contributed by atoms with Gasteiger partial charge in [-0.3, -0.25) is 4.79 Å². The second-order valence-electron chi connectivity index (χ2n) is 5.21. The fourth-order valence-electron chi connectivity index (χ4n) is 2.83. The second-order valence-corrected chi connectivity index (χ2v) is 7.02. The second kappa shape index (κ2) is 6.83. The highest BCUT2D eigenvalue weighted by Gasteiger charge is 2.42. The molecule has 1 aliphatic rings. The molecular formula is C15H20ClNO2S. The smallest absolute Gasteiger partial charge is 0.323 e. The van der Waals surface area contributed by atoms with Gasteiger partial charge in [-0.15, -0.1) is 11.8 Å². The molecule has 0 heterocycles. The van der Waals surface area contributed by atoms with E-state index < -0.39 is 11.5 Å². The Balaban J connectivity index is 2.08. The molecule has 1 aromatic carbocycles. The number of halogens is 1. The maximum absolute atomic E-state index is 11.6. The van der Waals surface area contributed by atoms with Crippen LogP contribution in [-0.4, -0.2) is 28.4 Å². The number of carboxylic acid groups (broad SMARTS) is 1. The van der Waals surface area contributed by atoms with Crippen LogP contribution >= 0.6 is 23.4 Å². The molecule has 0 spiro atoms. The maximum atomic E-state index is 11.6. The number of hydrogen-bond donors (Lipinski definition) is 2. The predicted molar refractivity (Wildman–Crippen MR) is 83.6 cm³/mol. The van der Waals surface area contributed by atoms with Crippen LogP contribution < -0.4 is 5.32 Å². The Morgan fingerprint density at radius 1 is 1.60 bits per heavy atom. The highest BCUT2D eigenvalue weighted by molar-refractivity contribution is 8.00. The maximum Gasteiger partial charge on any atom is 0.323 e. The number of rotatable bonds is 5. The summed E-state index contributed by atoms with van der Waals surface area (Å²) in [6, 6.07) is 7.76. The van der Waals surface area contributed by atoms with Gasteiger partial charge in [0.2, 0.25) is 0 Å². The van der Waals surface area contributed by atoms with Crippen molar-refractivity contribution in [3.63, 3.8) is 0 Å². The molecule has 0 radical (unpaired) electrons. The van der Waals surface area contributed by atoms with Gasteiger partial charge < -0.3 is 10.4 Å². The molecule has 2 atom stereocenters. The Morgan fingerprint density at radius 3 is 3.05 bits per heavy atom. The van der Waals surface area contributed by atoms with Crippen molar-refractivity contribution in [3.05, 3.63) is 29.3 Å². The lowest BCUT2D eigenvalue weighted by Gasteiger charge is -2.38. The van der Waals surface area contributed by atoms with E-state index in [1.807, 2.05) is 31.2 Å². The van der Waals surface area contributed by atoms with Gasteiger partial charge in [0, 0.05) is 15.2 Å². The van der Waals surface area contributed by atoms with Crippen molar-refractivity contribution in [1.82, 2.24) is 5.32 Å². The summed E-state index contributed by atoms with van der Waals surface area (Å²) in [5.41, 5.74) is -0.761. The summed E-state index contributed by atoms with van der Waals surface area (Å²) in [7, 11) is 0. The van der Waals surface area contributed by atoms with Crippen molar-refractivity contribution in [2.24, 2.45) is 0 Å². The topological polar surface area (TPSA) is 49.3 Å². The SMILES string of the molecule is CCNC1(C(=O)O)CCCC(Sc2cccc(Cl)c2)C1. The minimum atomic E-state index is -0.761. The summed E-state index contributed by atoms with van der Waals surface area (Å²) in [4.78, 5) is 12.7. The van der Waals surface area contributed by atoms with E-state index in [1.165, 1.54) is 0 Å². The Kier molecular flexibility index (Phi) is 5.35. The van der Waals surface area contributed by atoms with Crippen LogP contribution in [0.4, 0.5) is 0 Å². The monoisotopic (exact) mass is 313 g/mol. The molecule has 0 amide bonds.